The fraction of sp³-hybridized carbons (Fsp3) is 0.333. The monoisotopic (exact) mass is 326 g/mol. The van der Waals surface area contributed by atoms with Gasteiger partial charge >= 0.3 is 0 Å². The quantitative estimate of drug-likeness (QED) is 0.667. The van der Waals surface area contributed by atoms with E-state index in [1.54, 1.807) is 11.3 Å². The molecule has 18 heavy (non-hydrogen) atoms. The second kappa shape index (κ2) is 5.77. The third-order valence-electron chi connectivity index (χ3n) is 2.36. The largest absolute Gasteiger partial charge is 0.308 e. The third kappa shape index (κ3) is 3.07. The lowest BCUT2D eigenvalue weighted by molar-refractivity contribution is 0.635. The van der Waals surface area contributed by atoms with Crippen molar-refractivity contribution >= 4 is 33.1 Å². The Morgan fingerprint density at radius 2 is 2.22 bits per heavy atom. The van der Waals surface area contributed by atoms with Gasteiger partial charge in [-0.3, -0.25) is 0 Å². The van der Waals surface area contributed by atoms with Crippen LogP contribution in [0.1, 0.15) is 19.5 Å². The van der Waals surface area contributed by atoms with Crippen molar-refractivity contribution in [2.24, 2.45) is 11.8 Å². The summed E-state index contributed by atoms with van der Waals surface area (Å²) in [7, 11) is 0. The number of thiophene rings is 1. The zero-order valence-corrected chi connectivity index (χ0v) is 12.7. The Kier molecular flexibility index (Phi) is 4.31. The summed E-state index contributed by atoms with van der Waals surface area (Å²) in [6, 6.07) is 3.89. The van der Waals surface area contributed by atoms with Gasteiger partial charge in [-0.2, -0.15) is 0 Å². The molecule has 0 saturated heterocycles. The van der Waals surface area contributed by atoms with Gasteiger partial charge in [0.05, 0.1) is 4.88 Å². The van der Waals surface area contributed by atoms with Crippen molar-refractivity contribution in [2.75, 3.05) is 5.43 Å². The summed E-state index contributed by atoms with van der Waals surface area (Å²) < 4.78 is 1.01. The molecule has 0 atom stereocenters. The van der Waals surface area contributed by atoms with E-state index in [4.69, 9.17) is 5.84 Å². The Labute approximate surface area is 119 Å². The van der Waals surface area contributed by atoms with Gasteiger partial charge < -0.3 is 5.43 Å². The molecule has 0 aliphatic heterocycles. The van der Waals surface area contributed by atoms with Crippen LogP contribution in [-0.4, -0.2) is 9.97 Å². The molecule has 6 heteroatoms. The van der Waals surface area contributed by atoms with Gasteiger partial charge in [-0.25, -0.2) is 15.8 Å². The van der Waals surface area contributed by atoms with Gasteiger partial charge in [0.1, 0.15) is 5.82 Å². The summed E-state index contributed by atoms with van der Waals surface area (Å²) in [5.41, 5.74) is 3.60. The highest BCUT2D eigenvalue weighted by molar-refractivity contribution is 9.10. The highest BCUT2D eigenvalue weighted by Crippen LogP contribution is 2.32. The molecule has 2 rings (SSSR count). The van der Waals surface area contributed by atoms with Crippen molar-refractivity contribution in [1.29, 1.82) is 0 Å². The van der Waals surface area contributed by atoms with E-state index in [-0.39, 0.29) is 0 Å². The third-order valence-corrected chi connectivity index (χ3v) is 4.20. The van der Waals surface area contributed by atoms with E-state index in [9.17, 15) is 0 Å². The average Bonchev–Trinajstić information content (AvgIpc) is 2.74. The van der Waals surface area contributed by atoms with Crippen LogP contribution < -0.4 is 11.3 Å². The smallest absolute Gasteiger partial charge is 0.173 e. The van der Waals surface area contributed by atoms with Crippen LogP contribution in [0.25, 0.3) is 10.7 Å². The van der Waals surface area contributed by atoms with Crippen molar-refractivity contribution in [2.45, 2.75) is 20.3 Å². The molecule has 0 radical (unpaired) electrons. The summed E-state index contributed by atoms with van der Waals surface area (Å²) in [6.45, 7) is 4.33. The summed E-state index contributed by atoms with van der Waals surface area (Å²) in [5, 5.41) is 2.01. The fourth-order valence-electron chi connectivity index (χ4n) is 1.65. The number of anilines is 1. The average molecular weight is 327 g/mol. The van der Waals surface area contributed by atoms with E-state index in [0.29, 0.717) is 17.6 Å². The van der Waals surface area contributed by atoms with E-state index in [1.807, 2.05) is 17.5 Å². The number of aromatic nitrogens is 2. The molecule has 2 heterocycles. The molecule has 2 aromatic rings. The second-order valence-electron chi connectivity index (χ2n) is 4.41. The van der Waals surface area contributed by atoms with Crippen molar-refractivity contribution in [3.63, 3.8) is 0 Å². The molecule has 96 valence electrons. The zero-order valence-electron chi connectivity index (χ0n) is 10.3. The van der Waals surface area contributed by atoms with Crippen LogP contribution in [0.15, 0.2) is 22.0 Å². The van der Waals surface area contributed by atoms with Crippen LogP contribution in [0.4, 0.5) is 5.82 Å². The number of nitrogen functional groups attached to an aromatic ring is 1. The summed E-state index contributed by atoms with van der Waals surface area (Å²) in [6.07, 6.45) is 0.910. The minimum atomic E-state index is 0.546. The Morgan fingerprint density at radius 1 is 1.44 bits per heavy atom. The van der Waals surface area contributed by atoms with Crippen molar-refractivity contribution in [3.8, 4) is 10.7 Å². The highest BCUT2D eigenvalue weighted by atomic mass is 79.9. The van der Waals surface area contributed by atoms with E-state index < -0.39 is 0 Å². The molecule has 0 amide bonds. The molecule has 0 aromatic carbocycles. The predicted molar refractivity (Wildman–Crippen MR) is 79.4 cm³/mol. The number of hydrogen-bond acceptors (Lipinski definition) is 5. The van der Waals surface area contributed by atoms with Gasteiger partial charge in [-0.05, 0) is 39.7 Å². The molecule has 2 aromatic heterocycles. The number of halogens is 1. The number of nitrogens with one attached hydrogen (secondary N) is 1. The molecule has 4 nitrogen and oxygen atoms in total. The molecular weight excluding hydrogens is 312 g/mol. The van der Waals surface area contributed by atoms with Gasteiger partial charge in [0.2, 0.25) is 0 Å². The first-order valence-corrected chi connectivity index (χ1v) is 7.35. The van der Waals surface area contributed by atoms with Crippen molar-refractivity contribution in [1.82, 2.24) is 9.97 Å². The number of nitrogens with two attached hydrogens (primary N) is 1. The molecule has 0 bridgehead atoms. The zero-order chi connectivity index (χ0) is 13.1. The van der Waals surface area contributed by atoms with Crippen LogP contribution in [0.5, 0.6) is 0 Å². The molecule has 0 aliphatic carbocycles. The van der Waals surface area contributed by atoms with Gasteiger partial charge in [-0.1, -0.05) is 13.8 Å². The SMILES string of the molecule is CC(C)Cc1cc(NN)nc(-c2sccc2Br)n1. The van der Waals surface area contributed by atoms with Crippen molar-refractivity contribution in [3.05, 3.63) is 27.7 Å². The van der Waals surface area contributed by atoms with Crippen LogP contribution in [0.2, 0.25) is 0 Å². The normalized spacial score (nSPS) is 10.9. The van der Waals surface area contributed by atoms with E-state index >= 15 is 0 Å². The summed E-state index contributed by atoms with van der Waals surface area (Å²) in [5.74, 6) is 7.37. The van der Waals surface area contributed by atoms with Crippen LogP contribution in [-0.2, 0) is 6.42 Å². The first kappa shape index (κ1) is 13.5. The summed E-state index contributed by atoms with van der Waals surface area (Å²) >= 11 is 5.11. The van der Waals surface area contributed by atoms with E-state index in [0.717, 1.165) is 21.5 Å². The van der Waals surface area contributed by atoms with E-state index in [1.165, 1.54) is 0 Å². The fourth-order valence-corrected chi connectivity index (χ4v) is 3.13. The van der Waals surface area contributed by atoms with Crippen LogP contribution in [0.3, 0.4) is 0 Å². The Hall–Kier alpha value is -0.980. The molecule has 0 spiro atoms. The Morgan fingerprint density at radius 3 is 2.78 bits per heavy atom. The van der Waals surface area contributed by atoms with Gasteiger partial charge in [0.25, 0.3) is 0 Å². The van der Waals surface area contributed by atoms with Crippen LogP contribution >= 0.6 is 27.3 Å². The summed E-state index contributed by atoms with van der Waals surface area (Å²) in [4.78, 5) is 10.0. The van der Waals surface area contributed by atoms with E-state index in [2.05, 4.69) is 45.2 Å². The molecular formula is C12H15BrN4S. The molecule has 0 unspecified atom stereocenters. The Balaban J connectivity index is 2.44. The maximum atomic E-state index is 5.46. The topological polar surface area (TPSA) is 63.8 Å². The van der Waals surface area contributed by atoms with Crippen molar-refractivity contribution < 1.29 is 0 Å². The van der Waals surface area contributed by atoms with Crippen LogP contribution in [0, 0.1) is 5.92 Å². The number of hydrazine groups is 1. The molecule has 0 aliphatic rings. The molecule has 0 fully saturated rings. The number of nitrogens with zero attached hydrogens (tertiary/aromatic N) is 2. The lowest BCUT2D eigenvalue weighted by Crippen LogP contribution is -2.11. The first-order chi connectivity index (χ1) is 8.60. The lowest BCUT2D eigenvalue weighted by Gasteiger charge is -2.08. The first-order valence-electron chi connectivity index (χ1n) is 5.68. The standard InChI is InChI=1S/C12H15BrN4S/c1-7(2)5-8-6-10(17-14)16-12(15-8)11-9(13)3-4-18-11/h3-4,6-7H,5,14H2,1-2H3,(H,15,16,17). The highest BCUT2D eigenvalue weighted by Gasteiger charge is 2.11. The number of hydrogen-bond donors (Lipinski definition) is 2. The number of rotatable bonds is 4. The molecule has 0 saturated carbocycles. The molecule has 3 N–H and O–H groups in total. The van der Waals surface area contributed by atoms with Gasteiger partial charge in [0.15, 0.2) is 5.82 Å². The van der Waals surface area contributed by atoms with Gasteiger partial charge in [0, 0.05) is 16.2 Å². The minimum absolute atomic E-state index is 0.546. The Bertz CT molecular complexity index is 539. The lowest BCUT2D eigenvalue weighted by atomic mass is 10.1. The van der Waals surface area contributed by atoms with Gasteiger partial charge in [-0.15, -0.1) is 11.3 Å². The minimum Gasteiger partial charge on any atom is -0.308 e. The maximum Gasteiger partial charge on any atom is 0.173 e. The maximum absolute atomic E-state index is 5.46. The second-order valence-corrected chi connectivity index (χ2v) is 6.18. The predicted octanol–water partition coefficient (Wildman–Crippen LogP) is 3.45.